The fourth-order valence-corrected chi connectivity index (χ4v) is 4.69. The van der Waals surface area contributed by atoms with E-state index in [-0.39, 0.29) is 34.9 Å². The van der Waals surface area contributed by atoms with Crippen LogP contribution in [0.4, 0.5) is 13.6 Å². The number of nitrogens with one attached hydrogen (secondary N) is 2. The van der Waals surface area contributed by atoms with Crippen LogP contribution in [0.1, 0.15) is 82.7 Å². The predicted octanol–water partition coefficient (Wildman–Crippen LogP) is 5.46. The SMILES string of the molecule is CCc1ccc(C(CNC(=O)OC(C)(C)C)NC(=O)c2c(C)nn3c(OCc4c(F)cccc4F)cc(C)cc23)nc1C(=O)O. The smallest absolute Gasteiger partial charge is 0.407 e. The molecule has 0 saturated carbocycles. The van der Waals surface area contributed by atoms with Gasteiger partial charge in [0, 0.05) is 12.6 Å². The lowest BCUT2D eigenvalue weighted by Crippen LogP contribution is -2.40. The Morgan fingerprint density at radius 2 is 1.76 bits per heavy atom. The van der Waals surface area contributed by atoms with E-state index in [4.69, 9.17) is 9.47 Å². The number of carbonyl (C=O) groups is 3. The number of alkyl carbamates (subject to hydrolysis) is 1. The van der Waals surface area contributed by atoms with Crippen LogP contribution in [0.3, 0.4) is 0 Å². The monoisotopic (exact) mass is 623 g/mol. The van der Waals surface area contributed by atoms with Crippen molar-refractivity contribution in [1.29, 1.82) is 0 Å². The highest BCUT2D eigenvalue weighted by molar-refractivity contribution is 6.02. The first kappa shape index (κ1) is 32.8. The second-order valence-corrected chi connectivity index (χ2v) is 11.4. The Hall–Kier alpha value is -5.07. The van der Waals surface area contributed by atoms with E-state index in [1.807, 2.05) is 0 Å². The molecule has 3 aromatic heterocycles. The van der Waals surface area contributed by atoms with Crippen molar-refractivity contribution in [2.45, 2.75) is 66.2 Å². The van der Waals surface area contributed by atoms with Crippen molar-refractivity contribution in [3.8, 4) is 5.88 Å². The number of aryl methyl sites for hydroxylation is 3. The van der Waals surface area contributed by atoms with Gasteiger partial charge in [-0.25, -0.2) is 23.4 Å². The normalized spacial score (nSPS) is 12.1. The molecule has 0 aliphatic carbocycles. The van der Waals surface area contributed by atoms with E-state index in [0.717, 1.165) is 12.1 Å². The molecular weight excluding hydrogens is 588 g/mol. The van der Waals surface area contributed by atoms with Crippen LogP contribution in [0.15, 0.2) is 42.5 Å². The summed E-state index contributed by atoms with van der Waals surface area (Å²) < 4.78 is 40.9. The lowest BCUT2D eigenvalue weighted by Gasteiger charge is -2.23. The standard InChI is InChI=1S/C32H35F2N5O6/c1-7-19-11-12-23(36-28(19)30(41)42)24(15-35-31(43)45-32(4,5)6)37-29(40)27-18(3)38-39-25(27)13-17(2)14-26(39)44-16-20-21(33)9-8-10-22(20)34/h8-14,24H,7,15-16H2,1-6H3,(H,35,43)(H,37,40)(H,41,42). The predicted molar refractivity (Wildman–Crippen MR) is 160 cm³/mol. The summed E-state index contributed by atoms with van der Waals surface area (Å²) in [6, 6.07) is 9.09. The molecule has 0 aliphatic heterocycles. The molecule has 3 heterocycles. The van der Waals surface area contributed by atoms with Gasteiger partial charge in [-0.15, -0.1) is 0 Å². The molecule has 1 unspecified atom stereocenters. The van der Waals surface area contributed by atoms with Crippen LogP contribution < -0.4 is 15.4 Å². The summed E-state index contributed by atoms with van der Waals surface area (Å²) in [6.45, 7) is 9.71. The number of halogens is 2. The Bertz CT molecular complexity index is 1750. The zero-order chi connectivity index (χ0) is 33.1. The topological polar surface area (TPSA) is 144 Å². The summed E-state index contributed by atoms with van der Waals surface area (Å²) in [7, 11) is 0. The van der Waals surface area contributed by atoms with Gasteiger partial charge in [0.15, 0.2) is 5.69 Å². The van der Waals surface area contributed by atoms with Gasteiger partial charge in [0.2, 0.25) is 5.88 Å². The van der Waals surface area contributed by atoms with Gasteiger partial charge in [-0.2, -0.15) is 9.61 Å². The molecule has 4 aromatic rings. The van der Waals surface area contributed by atoms with Crippen molar-refractivity contribution >= 4 is 23.5 Å². The highest BCUT2D eigenvalue weighted by Crippen LogP contribution is 2.26. The molecule has 0 bridgehead atoms. The minimum atomic E-state index is -1.23. The Morgan fingerprint density at radius 3 is 2.38 bits per heavy atom. The van der Waals surface area contributed by atoms with Gasteiger partial charge in [-0.05, 0) is 76.4 Å². The van der Waals surface area contributed by atoms with Crippen LogP contribution >= 0.6 is 0 Å². The van der Waals surface area contributed by atoms with Gasteiger partial charge in [-0.3, -0.25) is 4.79 Å². The zero-order valence-electron chi connectivity index (χ0n) is 25.8. The number of aromatic carboxylic acids is 1. The number of fused-ring (bicyclic) bond motifs is 1. The van der Waals surface area contributed by atoms with E-state index in [2.05, 4.69) is 20.7 Å². The number of amides is 2. The van der Waals surface area contributed by atoms with Crippen molar-refractivity contribution in [1.82, 2.24) is 25.2 Å². The number of carbonyl (C=O) groups excluding carboxylic acids is 2. The number of carboxylic acids is 1. The van der Waals surface area contributed by atoms with Gasteiger partial charge >= 0.3 is 12.1 Å². The molecule has 0 aliphatic rings. The van der Waals surface area contributed by atoms with Gasteiger partial charge < -0.3 is 25.2 Å². The summed E-state index contributed by atoms with van der Waals surface area (Å²) in [6.07, 6.45) is -0.307. The summed E-state index contributed by atoms with van der Waals surface area (Å²) in [4.78, 5) is 42.5. The highest BCUT2D eigenvalue weighted by Gasteiger charge is 2.26. The second kappa shape index (κ2) is 13.3. The number of aromatic nitrogens is 3. The Kier molecular flexibility index (Phi) is 9.69. The molecule has 4 rings (SSSR count). The number of benzene rings is 1. The number of rotatable bonds is 10. The Morgan fingerprint density at radius 1 is 1.07 bits per heavy atom. The summed E-state index contributed by atoms with van der Waals surface area (Å²) in [5.74, 6) is -3.17. The molecule has 1 atom stereocenters. The molecule has 45 heavy (non-hydrogen) atoms. The minimum absolute atomic E-state index is 0.154. The zero-order valence-corrected chi connectivity index (χ0v) is 25.8. The maximum absolute atomic E-state index is 14.2. The number of nitrogens with zero attached hydrogens (tertiary/aromatic N) is 3. The van der Waals surface area contributed by atoms with Crippen LogP contribution in [0, 0.1) is 25.5 Å². The van der Waals surface area contributed by atoms with Crippen LogP contribution in [-0.4, -0.2) is 49.8 Å². The average Bonchev–Trinajstić information content (AvgIpc) is 3.29. The molecular formula is C32H35F2N5O6. The number of ether oxygens (including phenoxy) is 2. The van der Waals surface area contributed by atoms with Crippen molar-refractivity contribution < 1.29 is 37.7 Å². The third-order valence-electron chi connectivity index (χ3n) is 6.77. The Balaban J connectivity index is 1.68. The summed E-state index contributed by atoms with van der Waals surface area (Å²) in [5, 5.41) is 19.6. The van der Waals surface area contributed by atoms with E-state index in [9.17, 15) is 28.3 Å². The lowest BCUT2D eigenvalue weighted by molar-refractivity contribution is 0.0518. The third kappa shape index (κ3) is 7.72. The summed E-state index contributed by atoms with van der Waals surface area (Å²) >= 11 is 0. The number of carboxylic acid groups (broad SMARTS) is 1. The molecule has 0 radical (unpaired) electrons. The first-order valence-electron chi connectivity index (χ1n) is 14.2. The molecule has 0 spiro atoms. The molecule has 3 N–H and O–H groups in total. The van der Waals surface area contributed by atoms with Gasteiger partial charge in [0.1, 0.15) is 23.8 Å². The van der Waals surface area contributed by atoms with Crippen molar-refractivity contribution in [2.75, 3.05) is 6.54 Å². The first-order valence-corrected chi connectivity index (χ1v) is 14.2. The van der Waals surface area contributed by atoms with E-state index >= 15 is 0 Å². The molecule has 1 aromatic carbocycles. The van der Waals surface area contributed by atoms with Crippen LogP contribution in [-0.2, 0) is 17.8 Å². The van der Waals surface area contributed by atoms with Gasteiger partial charge in [0.25, 0.3) is 5.91 Å². The van der Waals surface area contributed by atoms with Gasteiger partial charge in [-0.1, -0.05) is 19.1 Å². The average molecular weight is 624 g/mol. The quantitative estimate of drug-likeness (QED) is 0.211. The molecule has 238 valence electrons. The van der Waals surface area contributed by atoms with Crippen molar-refractivity contribution in [3.05, 3.63) is 93.4 Å². The maximum Gasteiger partial charge on any atom is 0.407 e. The fraction of sp³-hybridized carbons (Fsp3) is 0.344. The lowest BCUT2D eigenvalue weighted by atomic mass is 10.1. The maximum atomic E-state index is 14.2. The van der Waals surface area contributed by atoms with E-state index in [1.54, 1.807) is 65.8 Å². The fourth-order valence-electron chi connectivity index (χ4n) is 4.69. The number of hydrogen-bond donors (Lipinski definition) is 3. The van der Waals surface area contributed by atoms with Crippen LogP contribution in [0.25, 0.3) is 5.52 Å². The van der Waals surface area contributed by atoms with Crippen molar-refractivity contribution in [3.63, 3.8) is 0 Å². The molecule has 0 fully saturated rings. The molecule has 0 saturated heterocycles. The summed E-state index contributed by atoms with van der Waals surface area (Å²) in [5.41, 5.74) is 1.05. The number of pyridine rings is 2. The van der Waals surface area contributed by atoms with Crippen molar-refractivity contribution in [2.24, 2.45) is 0 Å². The van der Waals surface area contributed by atoms with E-state index in [1.165, 1.54) is 10.6 Å². The van der Waals surface area contributed by atoms with Crippen LogP contribution in [0.5, 0.6) is 5.88 Å². The Labute approximate surface area is 258 Å². The second-order valence-electron chi connectivity index (χ2n) is 11.4. The van der Waals surface area contributed by atoms with Crippen LogP contribution in [0.2, 0.25) is 0 Å². The minimum Gasteiger partial charge on any atom is -0.477 e. The largest absolute Gasteiger partial charge is 0.477 e. The third-order valence-corrected chi connectivity index (χ3v) is 6.77. The van der Waals surface area contributed by atoms with Gasteiger partial charge in [0.05, 0.1) is 34.1 Å². The van der Waals surface area contributed by atoms with E-state index in [0.29, 0.717) is 28.8 Å². The van der Waals surface area contributed by atoms with E-state index < -0.39 is 47.9 Å². The molecule has 2 amide bonds. The molecule has 13 heteroatoms. The molecule has 11 nitrogen and oxygen atoms in total. The highest BCUT2D eigenvalue weighted by atomic mass is 19.1. The number of hydrogen-bond acceptors (Lipinski definition) is 7. The first-order chi connectivity index (χ1) is 21.2.